The predicted molar refractivity (Wildman–Crippen MR) is 106 cm³/mol. The van der Waals surface area contributed by atoms with E-state index in [-0.39, 0.29) is 18.4 Å². The number of nitrogens with one attached hydrogen (secondary N) is 1. The molecule has 1 aliphatic heterocycles. The molecule has 0 spiro atoms. The smallest absolute Gasteiger partial charge is 0.178 e. The highest BCUT2D eigenvalue weighted by Gasteiger charge is 2.23. The van der Waals surface area contributed by atoms with Crippen LogP contribution >= 0.6 is 0 Å². The van der Waals surface area contributed by atoms with Gasteiger partial charge in [0.15, 0.2) is 9.84 Å². The van der Waals surface area contributed by atoms with Gasteiger partial charge in [0, 0.05) is 19.2 Å². The lowest BCUT2D eigenvalue weighted by Gasteiger charge is -2.35. The highest BCUT2D eigenvalue weighted by atomic mass is 32.2. The van der Waals surface area contributed by atoms with Crippen molar-refractivity contribution in [2.45, 2.75) is 43.7 Å². The minimum absolute atomic E-state index is 0.0969. The molecule has 0 bridgehead atoms. The van der Waals surface area contributed by atoms with Crippen LogP contribution < -0.4 is 10.2 Å². The van der Waals surface area contributed by atoms with Gasteiger partial charge in [-0.1, -0.05) is 19.1 Å². The Labute approximate surface area is 160 Å². The standard InChI is InChI=1S/C19H26N4O3S/c1-2-27(25,26)17-8-6-15(7-9-17)12-20-18-11-19(22-14-21-18)23-10-4-3-5-16(23)13-24/h6-9,11,14,16,24H,2-5,10,12-13H2,1H3,(H,20,21,22). The first-order chi connectivity index (χ1) is 13.0. The molecule has 1 saturated heterocycles. The van der Waals surface area contributed by atoms with E-state index in [1.807, 2.05) is 18.2 Å². The molecular weight excluding hydrogens is 364 g/mol. The molecule has 1 fully saturated rings. The summed E-state index contributed by atoms with van der Waals surface area (Å²) < 4.78 is 23.8. The molecule has 1 aromatic heterocycles. The van der Waals surface area contributed by atoms with Crippen LogP contribution in [-0.4, -0.2) is 48.4 Å². The first-order valence-corrected chi connectivity index (χ1v) is 10.9. The van der Waals surface area contributed by atoms with Crippen molar-refractivity contribution in [2.24, 2.45) is 0 Å². The maximum Gasteiger partial charge on any atom is 0.178 e. The number of piperidine rings is 1. The number of aliphatic hydroxyl groups is 1. The first-order valence-electron chi connectivity index (χ1n) is 9.28. The van der Waals surface area contributed by atoms with Gasteiger partial charge in [-0.2, -0.15) is 0 Å². The normalized spacial score (nSPS) is 17.7. The van der Waals surface area contributed by atoms with Crippen molar-refractivity contribution in [3.05, 3.63) is 42.2 Å². The van der Waals surface area contributed by atoms with E-state index in [4.69, 9.17) is 0 Å². The SMILES string of the molecule is CCS(=O)(=O)c1ccc(CNc2cc(N3CCCCC3CO)ncn2)cc1. The third kappa shape index (κ3) is 4.75. The van der Waals surface area contributed by atoms with Crippen LogP contribution in [0.5, 0.6) is 0 Å². The summed E-state index contributed by atoms with van der Waals surface area (Å²) in [7, 11) is -3.17. The summed E-state index contributed by atoms with van der Waals surface area (Å²) in [6, 6.07) is 8.90. The van der Waals surface area contributed by atoms with Crippen LogP contribution in [-0.2, 0) is 16.4 Å². The molecule has 1 aromatic carbocycles. The summed E-state index contributed by atoms with van der Waals surface area (Å²) in [5, 5.41) is 12.9. The quantitative estimate of drug-likeness (QED) is 0.748. The summed E-state index contributed by atoms with van der Waals surface area (Å²) >= 11 is 0. The Bertz CT molecular complexity index is 856. The van der Waals surface area contributed by atoms with Crippen molar-refractivity contribution < 1.29 is 13.5 Å². The van der Waals surface area contributed by atoms with E-state index in [1.54, 1.807) is 19.1 Å². The van der Waals surface area contributed by atoms with Gasteiger partial charge in [0.2, 0.25) is 0 Å². The summed E-state index contributed by atoms with van der Waals surface area (Å²) in [6.45, 7) is 3.18. The molecule has 0 aliphatic carbocycles. The monoisotopic (exact) mass is 390 g/mol. The van der Waals surface area contributed by atoms with Crippen LogP contribution in [0.1, 0.15) is 31.7 Å². The van der Waals surface area contributed by atoms with Gasteiger partial charge in [-0.15, -0.1) is 0 Å². The largest absolute Gasteiger partial charge is 0.394 e. The third-order valence-corrected chi connectivity index (χ3v) is 6.67. The third-order valence-electron chi connectivity index (χ3n) is 4.92. The first kappa shape index (κ1) is 19.6. The number of sulfone groups is 1. The van der Waals surface area contributed by atoms with Crippen molar-refractivity contribution in [1.29, 1.82) is 0 Å². The molecule has 27 heavy (non-hydrogen) atoms. The zero-order valence-corrected chi connectivity index (χ0v) is 16.3. The van der Waals surface area contributed by atoms with E-state index in [0.29, 0.717) is 17.3 Å². The highest BCUT2D eigenvalue weighted by Crippen LogP contribution is 2.24. The van der Waals surface area contributed by atoms with Gasteiger partial charge in [-0.25, -0.2) is 18.4 Å². The second-order valence-corrected chi connectivity index (χ2v) is 8.97. The molecule has 8 heteroatoms. The maximum atomic E-state index is 11.9. The van der Waals surface area contributed by atoms with Gasteiger partial charge >= 0.3 is 0 Å². The lowest BCUT2D eigenvalue weighted by atomic mass is 10.0. The van der Waals surface area contributed by atoms with E-state index >= 15 is 0 Å². The number of aromatic nitrogens is 2. The van der Waals surface area contributed by atoms with E-state index in [0.717, 1.165) is 37.2 Å². The molecule has 2 N–H and O–H groups in total. The average Bonchev–Trinajstić information content (AvgIpc) is 2.72. The number of hydrogen-bond acceptors (Lipinski definition) is 7. The van der Waals surface area contributed by atoms with E-state index in [2.05, 4.69) is 20.2 Å². The minimum Gasteiger partial charge on any atom is -0.394 e. The van der Waals surface area contributed by atoms with E-state index in [9.17, 15) is 13.5 Å². The molecule has 2 aromatic rings. The van der Waals surface area contributed by atoms with Crippen LogP contribution in [0.3, 0.4) is 0 Å². The zero-order valence-electron chi connectivity index (χ0n) is 15.5. The lowest BCUT2D eigenvalue weighted by Crippen LogP contribution is -2.42. The lowest BCUT2D eigenvalue weighted by molar-refractivity contribution is 0.239. The Morgan fingerprint density at radius 1 is 1.22 bits per heavy atom. The zero-order chi connectivity index (χ0) is 19.3. The molecule has 1 aliphatic rings. The van der Waals surface area contributed by atoms with Gasteiger partial charge in [0.1, 0.15) is 18.0 Å². The molecule has 0 saturated carbocycles. The van der Waals surface area contributed by atoms with Crippen LogP contribution in [0, 0.1) is 0 Å². The Kier molecular flexibility index (Phi) is 6.28. The molecule has 1 unspecified atom stereocenters. The minimum atomic E-state index is -3.17. The van der Waals surface area contributed by atoms with Crippen LogP contribution in [0.4, 0.5) is 11.6 Å². The Morgan fingerprint density at radius 3 is 2.70 bits per heavy atom. The predicted octanol–water partition coefficient (Wildman–Crippen LogP) is 2.23. The van der Waals surface area contributed by atoms with E-state index in [1.165, 1.54) is 6.33 Å². The van der Waals surface area contributed by atoms with Crippen LogP contribution in [0.25, 0.3) is 0 Å². The number of benzene rings is 1. The number of nitrogens with zero attached hydrogens (tertiary/aromatic N) is 3. The van der Waals surface area contributed by atoms with E-state index < -0.39 is 9.84 Å². The van der Waals surface area contributed by atoms with Gasteiger partial charge in [0.25, 0.3) is 0 Å². The van der Waals surface area contributed by atoms with Gasteiger partial charge in [-0.05, 0) is 37.0 Å². The van der Waals surface area contributed by atoms with Gasteiger partial charge < -0.3 is 15.3 Å². The number of anilines is 2. The Morgan fingerprint density at radius 2 is 2.00 bits per heavy atom. The fourth-order valence-electron chi connectivity index (χ4n) is 3.27. The molecular formula is C19H26N4O3S. The summed E-state index contributed by atoms with van der Waals surface area (Å²) in [6.07, 6.45) is 4.71. The number of rotatable bonds is 7. The molecule has 1 atom stereocenters. The highest BCUT2D eigenvalue weighted by molar-refractivity contribution is 7.91. The number of aliphatic hydroxyl groups excluding tert-OH is 1. The Balaban J connectivity index is 1.66. The second-order valence-electron chi connectivity index (χ2n) is 6.69. The van der Waals surface area contributed by atoms with Crippen molar-refractivity contribution in [1.82, 2.24) is 9.97 Å². The molecule has 146 valence electrons. The molecule has 3 rings (SSSR count). The molecule has 7 nitrogen and oxygen atoms in total. The van der Waals surface area contributed by atoms with Gasteiger partial charge in [0.05, 0.1) is 23.3 Å². The van der Waals surface area contributed by atoms with Crippen LogP contribution in [0.15, 0.2) is 41.6 Å². The molecule has 0 radical (unpaired) electrons. The fourth-order valence-corrected chi connectivity index (χ4v) is 4.15. The Hall–Kier alpha value is -2.19. The molecule has 2 heterocycles. The summed E-state index contributed by atoms with van der Waals surface area (Å²) in [5.74, 6) is 1.61. The summed E-state index contributed by atoms with van der Waals surface area (Å²) in [5.41, 5.74) is 0.969. The molecule has 0 amide bonds. The van der Waals surface area contributed by atoms with Crippen molar-refractivity contribution in [2.75, 3.05) is 29.1 Å². The van der Waals surface area contributed by atoms with Crippen molar-refractivity contribution >= 4 is 21.5 Å². The summed E-state index contributed by atoms with van der Waals surface area (Å²) in [4.78, 5) is 11.1. The van der Waals surface area contributed by atoms with Crippen LogP contribution in [0.2, 0.25) is 0 Å². The topological polar surface area (TPSA) is 95.4 Å². The number of hydrogen-bond donors (Lipinski definition) is 2. The van der Waals surface area contributed by atoms with Crippen molar-refractivity contribution in [3.8, 4) is 0 Å². The van der Waals surface area contributed by atoms with Crippen molar-refractivity contribution in [3.63, 3.8) is 0 Å². The average molecular weight is 391 g/mol. The van der Waals surface area contributed by atoms with Gasteiger partial charge in [-0.3, -0.25) is 0 Å². The maximum absolute atomic E-state index is 11.9. The second kappa shape index (κ2) is 8.67. The fraction of sp³-hybridized carbons (Fsp3) is 0.474.